The van der Waals surface area contributed by atoms with Gasteiger partial charge in [-0.25, -0.2) is 0 Å². The van der Waals surface area contributed by atoms with E-state index in [0.717, 1.165) is 0 Å². The van der Waals surface area contributed by atoms with Gasteiger partial charge in [0, 0.05) is 0 Å². The number of hydrogen-bond acceptors (Lipinski definition) is 0. The molecule has 37 heavy (non-hydrogen) atoms. The summed E-state index contributed by atoms with van der Waals surface area (Å²) in [6.45, 7) is 9.61. The van der Waals surface area contributed by atoms with Crippen molar-refractivity contribution < 1.29 is 48.0 Å². The van der Waals surface area contributed by atoms with Crippen LogP contribution < -0.4 is 24.8 Å². The van der Waals surface area contributed by atoms with Crippen molar-refractivity contribution in [3.05, 3.63) is 46.8 Å². The summed E-state index contributed by atoms with van der Waals surface area (Å²) in [4.78, 5) is 0. The van der Waals surface area contributed by atoms with Crippen LogP contribution in [0.2, 0.25) is 42.5 Å². The molecular formula is C32H54Cl2Si2Zr. The van der Waals surface area contributed by atoms with Gasteiger partial charge in [-0.3, -0.25) is 0 Å². The van der Waals surface area contributed by atoms with Crippen molar-refractivity contribution in [2.24, 2.45) is 0 Å². The van der Waals surface area contributed by atoms with Crippen LogP contribution in [0.3, 0.4) is 0 Å². The van der Waals surface area contributed by atoms with Crippen LogP contribution in [0, 0.1) is 0 Å². The number of rotatable bonds is 16. The van der Waals surface area contributed by atoms with Crippen molar-refractivity contribution in [3.8, 4) is 0 Å². The predicted octanol–water partition coefficient (Wildman–Crippen LogP) is 5.15. The predicted molar refractivity (Wildman–Crippen MR) is 158 cm³/mol. The molecule has 2 heterocycles. The second-order valence-electron chi connectivity index (χ2n) is 12.8. The van der Waals surface area contributed by atoms with Crippen molar-refractivity contribution in [2.75, 3.05) is 0 Å². The monoisotopic (exact) mass is 654 g/mol. The van der Waals surface area contributed by atoms with Gasteiger partial charge in [0.25, 0.3) is 0 Å². The molecule has 2 aliphatic carbocycles. The second kappa shape index (κ2) is 15.2. The van der Waals surface area contributed by atoms with E-state index in [1.165, 1.54) is 77.0 Å². The molecule has 4 rings (SSSR count). The molecule has 0 radical (unpaired) electrons. The van der Waals surface area contributed by atoms with Gasteiger partial charge in [0.05, 0.1) is 0 Å². The topological polar surface area (TPSA) is 0 Å². The molecule has 208 valence electrons. The molecule has 2 fully saturated rings. The molecule has 2 unspecified atom stereocenters. The van der Waals surface area contributed by atoms with Crippen LogP contribution in [-0.4, -0.2) is 16.1 Å². The molecule has 0 aromatic rings. The molecule has 0 N–H and O–H groups in total. The second-order valence-corrected chi connectivity index (χ2v) is 27.2. The maximum atomic E-state index is 2.97. The van der Waals surface area contributed by atoms with Crippen LogP contribution in [0.1, 0.15) is 105 Å². The standard InChI is InChI=1S/2C16H27Si.2ClH.Zr/c2*1-3-5-8-15-9-10-16(14-15)17(11-6-4-2)12-7-13-17;;;/h2*9-10,14H,3-8,11-13H2,1-2H3;2*1H;/q;;;;+2/p-2. The fourth-order valence-corrected chi connectivity index (χ4v) is 22.9. The van der Waals surface area contributed by atoms with Gasteiger partial charge >= 0.3 is 233 Å². The third kappa shape index (κ3) is 7.58. The largest absolute Gasteiger partial charge is 1.00 e. The Bertz CT molecular complexity index is 772. The fraction of sp³-hybridized carbons (Fsp3) is 0.750. The van der Waals surface area contributed by atoms with Crippen molar-refractivity contribution in [2.45, 2.75) is 147 Å². The first kappa shape index (κ1) is 34.1. The van der Waals surface area contributed by atoms with Gasteiger partial charge in [-0.05, 0) is 0 Å². The minimum absolute atomic E-state index is 0. The summed E-state index contributed by atoms with van der Waals surface area (Å²) in [5.74, 6) is 0. The average Bonchev–Trinajstić information content (AvgIpc) is 3.41. The first-order valence-electron chi connectivity index (χ1n) is 15.6. The summed E-state index contributed by atoms with van der Waals surface area (Å²) >= 11 is -0.738. The van der Waals surface area contributed by atoms with Crippen LogP contribution in [0.5, 0.6) is 0 Å². The van der Waals surface area contributed by atoms with Gasteiger partial charge in [0.2, 0.25) is 0 Å². The summed E-state index contributed by atoms with van der Waals surface area (Å²) in [6, 6.07) is 9.52. The van der Waals surface area contributed by atoms with E-state index in [0.29, 0.717) is 6.25 Å². The first-order chi connectivity index (χ1) is 17.0. The maximum Gasteiger partial charge on any atom is -1.00 e. The molecule has 5 heteroatoms. The summed E-state index contributed by atoms with van der Waals surface area (Å²) < 4.78 is 0.969. The maximum absolute atomic E-state index is 2.97. The third-order valence-electron chi connectivity index (χ3n) is 10.2. The van der Waals surface area contributed by atoms with Crippen molar-refractivity contribution in [1.29, 1.82) is 0 Å². The Morgan fingerprint density at radius 3 is 1.30 bits per heavy atom. The van der Waals surface area contributed by atoms with Gasteiger partial charge < -0.3 is 24.8 Å². The molecule has 2 aliphatic heterocycles. The summed E-state index contributed by atoms with van der Waals surface area (Å²) in [5.41, 5.74) is 0. The normalized spacial score (nSPS) is 28.3. The zero-order valence-electron chi connectivity index (χ0n) is 24.4. The smallest absolute Gasteiger partial charge is 1.00 e. The van der Waals surface area contributed by atoms with E-state index >= 15 is 0 Å². The average molecular weight is 657 g/mol. The van der Waals surface area contributed by atoms with E-state index in [1.807, 2.05) is 10.4 Å². The molecule has 0 aromatic carbocycles. The Balaban J connectivity index is 0.00000241. The quantitative estimate of drug-likeness (QED) is 0.202. The van der Waals surface area contributed by atoms with Gasteiger partial charge in [-0.2, -0.15) is 0 Å². The molecule has 0 aromatic heterocycles. The number of unbranched alkanes of at least 4 members (excludes halogenated alkanes) is 4. The van der Waals surface area contributed by atoms with E-state index in [2.05, 4.69) is 64.2 Å². The van der Waals surface area contributed by atoms with Crippen LogP contribution in [0.15, 0.2) is 46.8 Å². The molecule has 0 nitrogen and oxygen atoms in total. The molecule has 2 atom stereocenters. The van der Waals surface area contributed by atoms with Gasteiger partial charge in [-0.15, -0.1) is 0 Å². The molecule has 4 aliphatic rings. The van der Waals surface area contributed by atoms with Crippen molar-refractivity contribution >= 4 is 16.1 Å². The first-order valence-corrected chi connectivity index (χ1v) is 23.3. The molecule has 0 spiro atoms. The fourth-order valence-electron chi connectivity index (χ4n) is 7.45. The van der Waals surface area contributed by atoms with E-state index in [1.54, 1.807) is 36.3 Å². The Labute approximate surface area is 256 Å². The van der Waals surface area contributed by atoms with E-state index in [-0.39, 0.29) is 24.8 Å². The van der Waals surface area contributed by atoms with E-state index < -0.39 is 39.4 Å². The Morgan fingerprint density at radius 1 is 0.622 bits per heavy atom. The SMILES string of the molecule is CCCC[C]1([Zr+2][C]2(CCCC)C=CC([Si]3(CCCC)CCC3)=C2)C=CC([Si]2(CCCC)CCC2)=C1.[Cl-].[Cl-]. The molecule has 0 bridgehead atoms. The summed E-state index contributed by atoms with van der Waals surface area (Å²) in [5, 5.41) is 3.83. The van der Waals surface area contributed by atoms with Crippen molar-refractivity contribution in [3.63, 3.8) is 0 Å². The van der Waals surface area contributed by atoms with Gasteiger partial charge in [0.1, 0.15) is 0 Å². The minimum atomic E-state index is -1.14. The molecule has 2 saturated heterocycles. The number of allylic oxidation sites excluding steroid dienone is 8. The van der Waals surface area contributed by atoms with Crippen LogP contribution in [-0.2, 0) is 23.2 Å². The number of hydrogen-bond donors (Lipinski definition) is 0. The number of halogens is 2. The molecular weight excluding hydrogens is 603 g/mol. The summed E-state index contributed by atoms with van der Waals surface area (Å²) in [6.07, 6.45) is 34.1. The Kier molecular flexibility index (Phi) is 14.0. The summed E-state index contributed by atoms with van der Waals surface area (Å²) in [7, 11) is -2.29. The van der Waals surface area contributed by atoms with Gasteiger partial charge in [0.15, 0.2) is 0 Å². The van der Waals surface area contributed by atoms with Crippen LogP contribution in [0.4, 0.5) is 0 Å². The Hall–Kier alpha value is 0.857. The zero-order chi connectivity index (χ0) is 24.8. The van der Waals surface area contributed by atoms with Crippen LogP contribution in [0.25, 0.3) is 0 Å². The van der Waals surface area contributed by atoms with Crippen molar-refractivity contribution in [1.82, 2.24) is 0 Å². The Morgan fingerprint density at radius 2 is 1.00 bits per heavy atom. The van der Waals surface area contributed by atoms with Gasteiger partial charge in [-0.1, -0.05) is 0 Å². The van der Waals surface area contributed by atoms with Crippen LogP contribution >= 0.6 is 0 Å². The zero-order valence-corrected chi connectivity index (χ0v) is 30.4. The van der Waals surface area contributed by atoms with E-state index in [4.69, 9.17) is 0 Å². The minimum Gasteiger partial charge on any atom is -1.00 e. The third-order valence-corrected chi connectivity index (χ3v) is 26.1. The molecule has 0 saturated carbocycles. The molecule has 0 amide bonds. The van der Waals surface area contributed by atoms with E-state index in [9.17, 15) is 0 Å².